The van der Waals surface area contributed by atoms with Gasteiger partial charge in [0.05, 0.1) is 32.3 Å². The minimum atomic E-state index is -1.41. The van der Waals surface area contributed by atoms with Crippen LogP contribution in [0.1, 0.15) is 16.8 Å². The molecule has 0 unspecified atom stereocenters. The zero-order chi connectivity index (χ0) is 18.7. The van der Waals surface area contributed by atoms with E-state index in [0.717, 1.165) is 24.1 Å². The first-order chi connectivity index (χ1) is 11.8. The fraction of sp³-hybridized carbons (Fsp3) is 0.400. The number of ketones is 1. The Morgan fingerprint density at radius 3 is 2.32 bits per heavy atom. The van der Waals surface area contributed by atoms with Crippen LogP contribution >= 0.6 is 0 Å². The lowest BCUT2D eigenvalue weighted by atomic mass is 10.1. The van der Waals surface area contributed by atoms with E-state index in [1.807, 2.05) is 0 Å². The highest BCUT2D eigenvalue weighted by molar-refractivity contribution is 6.11. The van der Waals surface area contributed by atoms with Crippen molar-refractivity contribution in [3.05, 3.63) is 27.8 Å². The molecule has 1 fully saturated rings. The van der Waals surface area contributed by atoms with Crippen molar-refractivity contribution >= 4 is 23.3 Å². The molecule has 1 aromatic rings. The zero-order valence-electron chi connectivity index (χ0n) is 13.8. The van der Waals surface area contributed by atoms with Gasteiger partial charge in [0.15, 0.2) is 23.3 Å². The van der Waals surface area contributed by atoms with E-state index >= 15 is 0 Å². The third-order valence-electron chi connectivity index (χ3n) is 3.83. The average molecular weight is 352 g/mol. The number of nitro groups is 1. The lowest BCUT2D eigenvalue weighted by Crippen LogP contribution is -2.44. The Bertz CT molecular complexity index is 745. The summed E-state index contributed by atoms with van der Waals surface area (Å²) in [4.78, 5) is 48.0. The first-order valence-corrected chi connectivity index (χ1v) is 7.17. The van der Waals surface area contributed by atoms with Crippen LogP contribution in [0, 0.1) is 10.1 Å². The first kappa shape index (κ1) is 18.2. The van der Waals surface area contributed by atoms with E-state index in [9.17, 15) is 24.5 Å². The Kier molecular flexibility index (Phi) is 5.20. The number of carbonyl (C=O) groups excluding carboxylic acids is 3. The number of ether oxygens (including phenoxy) is 3. The molecule has 0 saturated carbocycles. The van der Waals surface area contributed by atoms with Gasteiger partial charge in [-0.2, -0.15) is 0 Å². The van der Waals surface area contributed by atoms with Crippen LogP contribution in [0.2, 0.25) is 0 Å². The second-order valence-corrected chi connectivity index (χ2v) is 5.12. The van der Waals surface area contributed by atoms with Crippen molar-refractivity contribution in [2.75, 3.05) is 27.9 Å². The number of carbonyl (C=O) groups is 3. The third kappa shape index (κ3) is 3.23. The lowest BCUT2D eigenvalue weighted by Gasteiger charge is -2.21. The fourth-order valence-electron chi connectivity index (χ4n) is 2.60. The number of hydrogen-bond acceptors (Lipinski definition) is 8. The number of benzene rings is 1. The molecule has 0 N–H and O–H groups in total. The largest absolute Gasteiger partial charge is 0.493 e. The van der Waals surface area contributed by atoms with E-state index in [0.29, 0.717) is 0 Å². The van der Waals surface area contributed by atoms with Crippen LogP contribution in [0.5, 0.6) is 11.5 Å². The quantitative estimate of drug-likeness (QED) is 0.326. The van der Waals surface area contributed by atoms with Crippen LogP contribution in [-0.2, 0) is 14.3 Å². The van der Waals surface area contributed by atoms with Gasteiger partial charge in [-0.25, -0.2) is 4.79 Å². The molecule has 0 radical (unpaired) electrons. The average Bonchev–Trinajstić information content (AvgIpc) is 3.00. The predicted molar refractivity (Wildman–Crippen MR) is 82.7 cm³/mol. The highest BCUT2D eigenvalue weighted by Crippen LogP contribution is 2.35. The molecule has 1 heterocycles. The maximum atomic E-state index is 12.8. The highest BCUT2D eigenvalue weighted by atomic mass is 16.6. The van der Waals surface area contributed by atoms with Crippen LogP contribution in [0.3, 0.4) is 0 Å². The molecule has 1 saturated heterocycles. The van der Waals surface area contributed by atoms with Gasteiger partial charge >= 0.3 is 5.97 Å². The summed E-state index contributed by atoms with van der Waals surface area (Å²) in [7, 11) is 3.71. The lowest BCUT2D eigenvalue weighted by molar-refractivity contribution is -0.385. The molecule has 0 spiro atoms. The van der Waals surface area contributed by atoms with E-state index in [-0.39, 0.29) is 30.0 Å². The summed E-state index contributed by atoms with van der Waals surface area (Å²) in [6.45, 7) is -0.0388. The molecule has 1 atom stereocenters. The fourth-order valence-corrected chi connectivity index (χ4v) is 2.60. The SMILES string of the molecule is COC(=O)[C@@H]1C(=O)CCN1C(=O)c1cc(OC)c(OC)cc1[N+](=O)[O-]. The van der Waals surface area contributed by atoms with Crippen molar-refractivity contribution < 1.29 is 33.5 Å². The molecule has 0 aliphatic carbocycles. The molecule has 0 bridgehead atoms. The van der Waals surface area contributed by atoms with Crippen molar-refractivity contribution in [3.63, 3.8) is 0 Å². The molecule has 134 valence electrons. The number of amides is 1. The van der Waals surface area contributed by atoms with E-state index in [1.165, 1.54) is 14.2 Å². The number of Topliss-reactive ketones (excluding diaryl/α,β-unsaturated/α-hetero) is 1. The monoisotopic (exact) mass is 352 g/mol. The maximum absolute atomic E-state index is 12.8. The summed E-state index contributed by atoms with van der Waals surface area (Å²) in [6.07, 6.45) is -0.0351. The van der Waals surface area contributed by atoms with Crippen molar-refractivity contribution in [2.45, 2.75) is 12.5 Å². The van der Waals surface area contributed by atoms with Gasteiger partial charge in [0.25, 0.3) is 11.6 Å². The molecule has 0 aromatic heterocycles. The molecule has 1 aliphatic rings. The number of methoxy groups -OCH3 is 3. The normalized spacial score (nSPS) is 16.5. The van der Waals surface area contributed by atoms with E-state index in [4.69, 9.17) is 9.47 Å². The summed E-state index contributed by atoms with van der Waals surface area (Å²) >= 11 is 0. The topological polar surface area (TPSA) is 125 Å². The van der Waals surface area contributed by atoms with Gasteiger partial charge in [0, 0.05) is 19.0 Å². The van der Waals surface area contributed by atoms with Crippen LogP contribution in [0.4, 0.5) is 5.69 Å². The Morgan fingerprint density at radius 2 is 1.80 bits per heavy atom. The van der Waals surface area contributed by atoms with Gasteiger partial charge in [-0.3, -0.25) is 19.7 Å². The summed E-state index contributed by atoms with van der Waals surface area (Å²) in [6, 6.07) is 0.790. The van der Waals surface area contributed by atoms with Crippen molar-refractivity contribution in [1.82, 2.24) is 4.90 Å². The zero-order valence-corrected chi connectivity index (χ0v) is 13.8. The van der Waals surface area contributed by atoms with E-state index in [2.05, 4.69) is 4.74 Å². The molecular formula is C15H16N2O8. The molecule has 1 aliphatic heterocycles. The van der Waals surface area contributed by atoms with Crippen LogP contribution < -0.4 is 9.47 Å². The third-order valence-corrected chi connectivity index (χ3v) is 3.83. The van der Waals surface area contributed by atoms with Crippen molar-refractivity contribution in [1.29, 1.82) is 0 Å². The Morgan fingerprint density at radius 1 is 1.20 bits per heavy atom. The van der Waals surface area contributed by atoms with Crippen molar-refractivity contribution in [3.8, 4) is 11.5 Å². The molecule has 1 aromatic carbocycles. The van der Waals surface area contributed by atoms with Crippen molar-refractivity contribution in [2.24, 2.45) is 0 Å². The Hall–Kier alpha value is -3.17. The maximum Gasteiger partial charge on any atom is 0.336 e. The standard InChI is InChI=1S/C15H16N2O8/c1-23-11-6-8(9(17(21)22)7-12(11)24-2)14(19)16-5-4-10(18)13(16)15(20)25-3/h6-7,13H,4-5H2,1-3H3/t13-/m0/s1. The molecule has 10 nitrogen and oxygen atoms in total. The van der Waals surface area contributed by atoms with Gasteiger partial charge in [-0.1, -0.05) is 0 Å². The second-order valence-electron chi connectivity index (χ2n) is 5.12. The minimum Gasteiger partial charge on any atom is -0.493 e. The highest BCUT2D eigenvalue weighted by Gasteiger charge is 2.43. The van der Waals surface area contributed by atoms with Gasteiger partial charge in [-0.15, -0.1) is 0 Å². The van der Waals surface area contributed by atoms with E-state index < -0.39 is 34.3 Å². The smallest absolute Gasteiger partial charge is 0.336 e. The predicted octanol–water partition coefficient (Wildman–Crippen LogP) is 0.569. The minimum absolute atomic E-state index is 0.0351. The van der Waals surface area contributed by atoms with Crippen LogP contribution in [0.15, 0.2) is 12.1 Å². The van der Waals surface area contributed by atoms with Gasteiger partial charge in [0.2, 0.25) is 0 Å². The number of nitro benzene ring substituents is 1. The summed E-state index contributed by atoms with van der Waals surface area (Å²) in [5.74, 6) is -2.03. The number of nitrogens with zero attached hydrogens (tertiary/aromatic N) is 2. The number of hydrogen-bond donors (Lipinski definition) is 0. The molecule has 2 rings (SSSR count). The molecule has 10 heteroatoms. The van der Waals surface area contributed by atoms with Gasteiger partial charge in [-0.05, 0) is 0 Å². The van der Waals surface area contributed by atoms with Crippen LogP contribution in [0.25, 0.3) is 0 Å². The number of rotatable bonds is 5. The summed E-state index contributed by atoms with van der Waals surface area (Å²) in [5, 5.41) is 11.3. The first-order valence-electron chi connectivity index (χ1n) is 7.17. The molecule has 25 heavy (non-hydrogen) atoms. The van der Waals surface area contributed by atoms with Gasteiger partial charge in [0.1, 0.15) is 5.56 Å². The molecular weight excluding hydrogens is 336 g/mol. The number of esters is 1. The second kappa shape index (κ2) is 7.16. The Balaban J connectivity index is 2.52. The summed E-state index contributed by atoms with van der Waals surface area (Å²) in [5.41, 5.74) is -0.836. The Labute approximate surface area is 142 Å². The molecule has 1 amide bonds. The summed E-state index contributed by atoms with van der Waals surface area (Å²) < 4.78 is 14.6. The van der Waals surface area contributed by atoms with Crippen LogP contribution in [-0.4, -0.2) is 61.4 Å². The number of likely N-dealkylation sites (tertiary alicyclic amines) is 1. The van der Waals surface area contributed by atoms with Gasteiger partial charge < -0.3 is 19.1 Å². The van der Waals surface area contributed by atoms with E-state index in [1.54, 1.807) is 0 Å².